The first-order chi connectivity index (χ1) is 15.2. The summed E-state index contributed by atoms with van der Waals surface area (Å²) in [5.41, 5.74) is 2.37. The molecule has 0 atom stereocenters. The third kappa shape index (κ3) is 4.79. The molecule has 2 heterocycles. The number of amides is 2. The van der Waals surface area contributed by atoms with E-state index in [0.717, 1.165) is 28.9 Å². The zero-order valence-corrected chi connectivity index (χ0v) is 20.8. The van der Waals surface area contributed by atoms with Gasteiger partial charge < -0.3 is 15.5 Å². The maximum Gasteiger partial charge on any atom is 0.234 e. The predicted octanol–water partition coefficient (Wildman–Crippen LogP) is 6.22. The van der Waals surface area contributed by atoms with E-state index >= 15 is 0 Å². The third-order valence-corrected chi connectivity index (χ3v) is 6.27. The van der Waals surface area contributed by atoms with E-state index in [4.69, 9.17) is 23.2 Å². The van der Waals surface area contributed by atoms with Crippen molar-refractivity contribution in [3.05, 3.63) is 70.2 Å². The highest BCUT2D eigenvalue weighted by Gasteiger charge is 2.46. The molecule has 32 heavy (non-hydrogen) atoms. The van der Waals surface area contributed by atoms with Gasteiger partial charge in [0.05, 0.1) is 21.0 Å². The Labute approximate surface area is 200 Å². The summed E-state index contributed by atoms with van der Waals surface area (Å²) < 4.78 is 0. The summed E-state index contributed by atoms with van der Waals surface area (Å²) in [4.78, 5) is 25.0. The van der Waals surface area contributed by atoms with E-state index in [2.05, 4.69) is 17.2 Å². The summed E-state index contributed by atoms with van der Waals surface area (Å²) in [5.74, 6) is -0.0157. The van der Waals surface area contributed by atoms with Gasteiger partial charge in [0.1, 0.15) is 0 Å². The molecule has 0 saturated carbocycles. The molecule has 1 fully saturated rings. The van der Waals surface area contributed by atoms with E-state index in [1.54, 1.807) is 17.0 Å². The molecule has 0 spiro atoms. The van der Waals surface area contributed by atoms with Gasteiger partial charge in [-0.05, 0) is 44.5 Å². The molecule has 4 rings (SSSR count). The van der Waals surface area contributed by atoms with Crippen LogP contribution < -0.4 is 10.6 Å². The highest BCUT2D eigenvalue weighted by molar-refractivity contribution is 6.42. The Bertz CT molecular complexity index is 999. The number of nitrogens with one attached hydrogen (secondary N) is 2. The first kappa shape index (κ1) is 25.8. The minimum Gasteiger partial charge on any atom is -0.372 e. The van der Waals surface area contributed by atoms with Gasteiger partial charge in [-0.1, -0.05) is 61.3 Å². The fourth-order valence-electron chi connectivity index (χ4n) is 3.86. The second-order valence-corrected chi connectivity index (χ2v) is 8.85. The fraction of sp³-hybridized carbons (Fsp3) is 0.360. The number of halogens is 2. The van der Waals surface area contributed by atoms with Crippen molar-refractivity contribution < 1.29 is 9.59 Å². The average molecular weight is 476 g/mol. The molecule has 172 valence electrons. The smallest absolute Gasteiger partial charge is 0.234 e. The van der Waals surface area contributed by atoms with E-state index in [-0.39, 0.29) is 5.91 Å². The lowest BCUT2D eigenvalue weighted by Gasteiger charge is -2.50. The molecule has 0 aromatic heterocycles. The summed E-state index contributed by atoms with van der Waals surface area (Å²) in [5, 5.41) is 7.41. The Balaban J connectivity index is 0.000000671. The monoisotopic (exact) mass is 475 g/mol. The molecule has 2 amide bonds. The molecule has 0 radical (unpaired) electrons. The number of anilines is 2. The lowest BCUT2D eigenvalue weighted by molar-refractivity contribution is -0.124. The van der Waals surface area contributed by atoms with Crippen LogP contribution in [0.1, 0.15) is 45.7 Å². The van der Waals surface area contributed by atoms with Gasteiger partial charge in [-0.2, -0.15) is 0 Å². The molecule has 0 bridgehead atoms. The SMILES string of the molecule is C=CC.CC.CC1(C)C(=O)Nc2cc(NC3(c4cccc(Cl)c4Cl)CN(C=O)C3)ccc21. The maximum absolute atomic E-state index is 12.2. The van der Waals surface area contributed by atoms with Crippen LogP contribution in [0, 0.1) is 0 Å². The molecule has 2 aromatic carbocycles. The van der Waals surface area contributed by atoms with Crippen LogP contribution in [0.25, 0.3) is 0 Å². The Morgan fingerprint density at radius 1 is 1.12 bits per heavy atom. The van der Waals surface area contributed by atoms with Gasteiger partial charge >= 0.3 is 0 Å². The van der Waals surface area contributed by atoms with Gasteiger partial charge in [0, 0.05) is 30.0 Å². The molecule has 5 nitrogen and oxygen atoms in total. The molecule has 2 aromatic rings. The molecule has 7 heteroatoms. The molecule has 1 saturated heterocycles. The van der Waals surface area contributed by atoms with E-state index in [9.17, 15) is 9.59 Å². The topological polar surface area (TPSA) is 61.4 Å². The number of hydrogen-bond acceptors (Lipinski definition) is 3. The first-order valence-electron chi connectivity index (χ1n) is 10.6. The summed E-state index contributed by atoms with van der Waals surface area (Å²) in [6, 6.07) is 11.3. The zero-order chi connectivity index (χ0) is 24.1. The van der Waals surface area contributed by atoms with Crippen molar-refractivity contribution in [1.29, 1.82) is 0 Å². The number of nitrogens with zero attached hydrogens (tertiary/aromatic N) is 1. The molecular formula is C25H31Cl2N3O2. The first-order valence-corrected chi connectivity index (χ1v) is 11.4. The quantitative estimate of drug-likeness (QED) is 0.407. The molecule has 2 N–H and O–H groups in total. The van der Waals surface area contributed by atoms with Gasteiger partial charge in [0.2, 0.25) is 12.3 Å². The summed E-state index contributed by atoms with van der Waals surface area (Å²) in [7, 11) is 0. The standard InChI is InChI=1S/C20H19Cl2N3O2.C3H6.C2H6/c1-19(2)13-7-6-12(8-16(13)23-18(19)27)24-20(9-25(10-20)11-26)14-4-3-5-15(21)17(14)22;1-3-2;1-2/h3-8,11,24H,9-10H2,1-2H3,(H,23,27);3H,1H2,2H3;1-2H3. The number of benzene rings is 2. The highest BCUT2D eigenvalue weighted by Crippen LogP contribution is 2.43. The zero-order valence-electron chi connectivity index (χ0n) is 19.3. The Kier molecular flexibility index (Phi) is 8.38. The number of likely N-dealkylation sites (tertiary alicyclic amines) is 1. The molecule has 0 aliphatic carbocycles. The van der Waals surface area contributed by atoms with Gasteiger partial charge in [-0.15, -0.1) is 6.58 Å². The summed E-state index contributed by atoms with van der Waals surface area (Å²) in [6.45, 7) is 14.0. The molecule has 0 unspecified atom stereocenters. The van der Waals surface area contributed by atoms with Crippen molar-refractivity contribution in [2.75, 3.05) is 23.7 Å². The number of rotatable bonds is 4. The number of carbonyl (C=O) groups is 2. The number of hydrogen-bond donors (Lipinski definition) is 2. The lowest BCUT2D eigenvalue weighted by atomic mass is 9.82. The average Bonchev–Trinajstić information content (AvgIpc) is 2.97. The Morgan fingerprint density at radius 2 is 1.75 bits per heavy atom. The molecular weight excluding hydrogens is 445 g/mol. The Hall–Kier alpha value is -2.50. The molecule has 2 aliphatic rings. The summed E-state index contributed by atoms with van der Waals surface area (Å²) in [6.07, 6.45) is 2.57. The van der Waals surface area contributed by atoms with Crippen molar-refractivity contribution >= 4 is 46.9 Å². The maximum atomic E-state index is 12.2. The number of carbonyl (C=O) groups excluding carboxylic acids is 2. The van der Waals surface area contributed by atoms with Crippen molar-refractivity contribution in [3.63, 3.8) is 0 Å². The van der Waals surface area contributed by atoms with Crippen LogP contribution in [-0.2, 0) is 20.5 Å². The minimum atomic E-state index is -0.549. The second-order valence-electron chi connectivity index (χ2n) is 8.07. The van der Waals surface area contributed by atoms with Gasteiger partial charge in [0.25, 0.3) is 0 Å². The highest BCUT2D eigenvalue weighted by atomic mass is 35.5. The minimum absolute atomic E-state index is 0.0157. The molecule has 2 aliphatic heterocycles. The van der Waals surface area contributed by atoms with Crippen molar-refractivity contribution in [2.24, 2.45) is 0 Å². The van der Waals surface area contributed by atoms with Crippen LogP contribution in [0.3, 0.4) is 0 Å². The number of fused-ring (bicyclic) bond motifs is 1. The largest absolute Gasteiger partial charge is 0.372 e. The van der Waals surface area contributed by atoms with E-state index in [0.29, 0.717) is 23.1 Å². The summed E-state index contributed by atoms with van der Waals surface area (Å²) >= 11 is 12.7. The normalized spacial score (nSPS) is 16.7. The van der Waals surface area contributed by atoms with Gasteiger partial charge in [-0.3, -0.25) is 9.59 Å². The van der Waals surface area contributed by atoms with Crippen LogP contribution in [0.5, 0.6) is 0 Å². The van der Waals surface area contributed by atoms with Crippen LogP contribution in [0.4, 0.5) is 11.4 Å². The van der Waals surface area contributed by atoms with Crippen molar-refractivity contribution in [1.82, 2.24) is 4.90 Å². The van der Waals surface area contributed by atoms with Crippen molar-refractivity contribution in [2.45, 2.75) is 45.6 Å². The van der Waals surface area contributed by atoms with Gasteiger partial charge in [-0.25, -0.2) is 0 Å². The second kappa shape index (κ2) is 10.4. The van der Waals surface area contributed by atoms with Crippen LogP contribution >= 0.6 is 23.2 Å². The van der Waals surface area contributed by atoms with Crippen LogP contribution in [-0.4, -0.2) is 30.3 Å². The Morgan fingerprint density at radius 3 is 2.34 bits per heavy atom. The van der Waals surface area contributed by atoms with Crippen LogP contribution in [0.15, 0.2) is 49.1 Å². The van der Waals surface area contributed by atoms with Crippen LogP contribution in [0.2, 0.25) is 10.0 Å². The fourth-order valence-corrected chi connectivity index (χ4v) is 4.34. The predicted molar refractivity (Wildman–Crippen MR) is 135 cm³/mol. The van der Waals surface area contributed by atoms with Gasteiger partial charge in [0.15, 0.2) is 0 Å². The van der Waals surface area contributed by atoms with E-state index in [1.807, 2.05) is 65.0 Å². The van der Waals surface area contributed by atoms with Crippen molar-refractivity contribution in [3.8, 4) is 0 Å². The lowest BCUT2D eigenvalue weighted by Crippen LogP contribution is -2.63. The van der Waals surface area contributed by atoms with E-state index < -0.39 is 11.0 Å². The third-order valence-electron chi connectivity index (χ3n) is 5.45. The van der Waals surface area contributed by atoms with E-state index in [1.165, 1.54) is 0 Å². The number of allylic oxidation sites excluding steroid dienone is 1.